The molecule has 2 aliphatic rings. The van der Waals surface area contributed by atoms with Gasteiger partial charge in [0.2, 0.25) is 0 Å². The van der Waals surface area contributed by atoms with Crippen LogP contribution in [0.25, 0.3) is 11.0 Å². The van der Waals surface area contributed by atoms with Gasteiger partial charge in [-0.25, -0.2) is 4.39 Å². The van der Waals surface area contributed by atoms with Crippen LogP contribution in [0, 0.1) is 11.7 Å². The van der Waals surface area contributed by atoms with Gasteiger partial charge in [0.1, 0.15) is 5.82 Å². The summed E-state index contributed by atoms with van der Waals surface area (Å²) in [6.07, 6.45) is 3.37. The standard InChI is InChI=1S/C17H21FN2O2/c18-14-1-2-15-16(9-14)22-19-17(15)13-3-6-20(7-4-13)10-12-5-8-21-11-12/h1-2,9,12-13H,3-8,10-11H2. The molecule has 0 amide bonds. The lowest BCUT2D eigenvalue weighted by atomic mass is 9.91. The Balaban J connectivity index is 1.42. The van der Waals surface area contributed by atoms with Gasteiger partial charge in [-0.1, -0.05) is 5.16 Å². The molecule has 2 aliphatic heterocycles. The first kappa shape index (κ1) is 14.2. The van der Waals surface area contributed by atoms with Crippen LogP contribution in [0.3, 0.4) is 0 Å². The summed E-state index contributed by atoms with van der Waals surface area (Å²) in [7, 11) is 0. The van der Waals surface area contributed by atoms with E-state index < -0.39 is 0 Å². The molecule has 0 spiro atoms. The fourth-order valence-electron chi connectivity index (χ4n) is 3.71. The minimum atomic E-state index is -0.274. The Bertz CT molecular complexity index is 643. The zero-order valence-electron chi connectivity index (χ0n) is 12.6. The molecule has 0 radical (unpaired) electrons. The predicted molar refractivity (Wildman–Crippen MR) is 81.3 cm³/mol. The molecule has 2 fully saturated rings. The van der Waals surface area contributed by atoms with E-state index in [-0.39, 0.29) is 5.82 Å². The Labute approximate surface area is 129 Å². The van der Waals surface area contributed by atoms with E-state index in [2.05, 4.69) is 10.1 Å². The second-order valence-corrected chi connectivity index (χ2v) is 6.51. The van der Waals surface area contributed by atoms with Crippen LogP contribution in [0.5, 0.6) is 0 Å². The van der Waals surface area contributed by atoms with Crippen molar-refractivity contribution in [3.05, 3.63) is 29.7 Å². The molecule has 2 saturated heterocycles. The summed E-state index contributed by atoms with van der Waals surface area (Å²) in [6, 6.07) is 4.69. The summed E-state index contributed by atoms with van der Waals surface area (Å²) in [6.45, 7) is 5.17. The highest BCUT2D eigenvalue weighted by Crippen LogP contribution is 2.33. The lowest BCUT2D eigenvalue weighted by Gasteiger charge is -2.32. The SMILES string of the molecule is Fc1ccc2c(C3CCN(CC4CCOC4)CC3)noc2c1. The largest absolute Gasteiger partial charge is 0.381 e. The number of hydrogen-bond acceptors (Lipinski definition) is 4. The molecule has 0 aliphatic carbocycles. The highest BCUT2D eigenvalue weighted by molar-refractivity contribution is 5.79. The number of nitrogens with zero attached hydrogens (tertiary/aromatic N) is 2. The van der Waals surface area contributed by atoms with Gasteiger partial charge < -0.3 is 14.2 Å². The number of ether oxygens (including phenoxy) is 1. The second kappa shape index (κ2) is 5.97. The molecule has 1 atom stereocenters. The van der Waals surface area contributed by atoms with Crippen LogP contribution in [0.4, 0.5) is 4.39 Å². The quantitative estimate of drug-likeness (QED) is 0.873. The molecular formula is C17H21FN2O2. The van der Waals surface area contributed by atoms with Gasteiger partial charge in [-0.3, -0.25) is 0 Å². The normalized spacial score (nSPS) is 24.3. The van der Waals surface area contributed by atoms with Gasteiger partial charge >= 0.3 is 0 Å². The Morgan fingerprint density at radius 1 is 1.23 bits per heavy atom. The molecule has 1 aromatic carbocycles. The summed E-state index contributed by atoms with van der Waals surface area (Å²) >= 11 is 0. The van der Waals surface area contributed by atoms with Gasteiger partial charge in [0.25, 0.3) is 0 Å². The molecule has 2 aromatic rings. The van der Waals surface area contributed by atoms with Crippen molar-refractivity contribution in [2.45, 2.75) is 25.2 Å². The van der Waals surface area contributed by atoms with Crippen LogP contribution >= 0.6 is 0 Å². The fourth-order valence-corrected chi connectivity index (χ4v) is 3.71. The van der Waals surface area contributed by atoms with Crippen LogP contribution in [0.1, 0.15) is 30.9 Å². The van der Waals surface area contributed by atoms with E-state index in [9.17, 15) is 4.39 Å². The van der Waals surface area contributed by atoms with Crippen molar-refractivity contribution < 1.29 is 13.7 Å². The van der Waals surface area contributed by atoms with E-state index in [1.165, 1.54) is 18.6 Å². The smallest absolute Gasteiger partial charge is 0.170 e. The van der Waals surface area contributed by atoms with Gasteiger partial charge in [-0.2, -0.15) is 0 Å². The van der Waals surface area contributed by atoms with Gasteiger partial charge in [0.15, 0.2) is 5.58 Å². The minimum Gasteiger partial charge on any atom is -0.381 e. The van der Waals surface area contributed by atoms with Crippen molar-refractivity contribution in [1.82, 2.24) is 10.1 Å². The number of piperidine rings is 1. The van der Waals surface area contributed by atoms with E-state index in [1.54, 1.807) is 6.07 Å². The molecule has 0 saturated carbocycles. The lowest BCUT2D eigenvalue weighted by molar-refractivity contribution is 0.151. The Morgan fingerprint density at radius 2 is 2.09 bits per heavy atom. The first-order valence-electron chi connectivity index (χ1n) is 8.14. The van der Waals surface area contributed by atoms with E-state index in [1.807, 2.05) is 0 Å². The van der Waals surface area contributed by atoms with Crippen molar-refractivity contribution in [3.63, 3.8) is 0 Å². The molecular weight excluding hydrogens is 283 g/mol. The Kier molecular flexibility index (Phi) is 3.84. The average Bonchev–Trinajstić information content (AvgIpc) is 3.17. The van der Waals surface area contributed by atoms with E-state index in [4.69, 9.17) is 9.26 Å². The summed E-state index contributed by atoms with van der Waals surface area (Å²) in [5, 5.41) is 5.17. The number of rotatable bonds is 3. The summed E-state index contributed by atoms with van der Waals surface area (Å²) in [5.41, 5.74) is 1.55. The van der Waals surface area contributed by atoms with E-state index in [0.717, 1.165) is 56.8 Å². The third kappa shape index (κ3) is 2.75. The fraction of sp³-hybridized carbons (Fsp3) is 0.588. The van der Waals surface area contributed by atoms with Crippen molar-refractivity contribution >= 4 is 11.0 Å². The first-order valence-corrected chi connectivity index (χ1v) is 8.14. The summed E-state index contributed by atoms with van der Waals surface area (Å²) < 4.78 is 24.0. The monoisotopic (exact) mass is 304 g/mol. The van der Waals surface area contributed by atoms with Crippen LogP contribution in [-0.4, -0.2) is 42.9 Å². The maximum absolute atomic E-state index is 13.2. The molecule has 1 aromatic heterocycles. The van der Waals surface area contributed by atoms with Crippen LogP contribution in [0.2, 0.25) is 0 Å². The first-order chi connectivity index (χ1) is 10.8. The average molecular weight is 304 g/mol. The number of benzene rings is 1. The van der Waals surface area contributed by atoms with E-state index in [0.29, 0.717) is 17.4 Å². The van der Waals surface area contributed by atoms with Crippen molar-refractivity contribution in [1.29, 1.82) is 0 Å². The molecule has 5 heteroatoms. The number of fused-ring (bicyclic) bond motifs is 1. The van der Waals surface area contributed by atoms with Crippen LogP contribution in [0.15, 0.2) is 22.7 Å². The van der Waals surface area contributed by atoms with Gasteiger partial charge in [0, 0.05) is 30.5 Å². The zero-order chi connectivity index (χ0) is 14.9. The van der Waals surface area contributed by atoms with Crippen LogP contribution < -0.4 is 0 Å². The third-order valence-electron chi connectivity index (χ3n) is 4.98. The highest BCUT2D eigenvalue weighted by atomic mass is 19.1. The summed E-state index contributed by atoms with van der Waals surface area (Å²) in [5.74, 6) is 0.846. The van der Waals surface area contributed by atoms with Gasteiger partial charge in [-0.15, -0.1) is 0 Å². The van der Waals surface area contributed by atoms with Crippen LogP contribution in [-0.2, 0) is 4.74 Å². The molecule has 0 bridgehead atoms. The van der Waals surface area contributed by atoms with Gasteiger partial charge in [-0.05, 0) is 50.4 Å². The van der Waals surface area contributed by atoms with Crippen molar-refractivity contribution in [3.8, 4) is 0 Å². The predicted octanol–water partition coefficient (Wildman–Crippen LogP) is 3.18. The Morgan fingerprint density at radius 3 is 2.86 bits per heavy atom. The maximum Gasteiger partial charge on any atom is 0.170 e. The Hall–Kier alpha value is -1.46. The lowest BCUT2D eigenvalue weighted by Crippen LogP contribution is -2.36. The molecule has 3 heterocycles. The number of likely N-dealkylation sites (tertiary alicyclic amines) is 1. The molecule has 22 heavy (non-hydrogen) atoms. The van der Waals surface area contributed by atoms with Gasteiger partial charge in [0.05, 0.1) is 12.3 Å². The van der Waals surface area contributed by atoms with Crippen molar-refractivity contribution in [2.75, 3.05) is 32.8 Å². The second-order valence-electron chi connectivity index (χ2n) is 6.51. The zero-order valence-corrected chi connectivity index (χ0v) is 12.6. The molecule has 118 valence electrons. The summed E-state index contributed by atoms with van der Waals surface area (Å²) in [4.78, 5) is 2.54. The number of aromatic nitrogens is 1. The van der Waals surface area contributed by atoms with Crippen molar-refractivity contribution in [2.24, 2.45) is 5.92 Å². The number of hydrogen-bond donors (Lipinski definition) is 0. The molecule has 4 nitrogen and oxygen atoms in total. The topological polar surface area (TPSA) is 38.5 Å². The molecule has 0 N–H and O–H groups in total. The van der Waals surface area contributed by atoms with E-state index >= 15 is 0 Å². The number of halogens is 1. The minimum absolute atomic E-state index is 0.274. The maximum atomic E-state index is 13.2. The highest BCUT2D eigenvalue weighted by Gasteiger charge is 2.27. The molecule has 1 unspecified atom stereocenters. The molecule has 4 rings (SSSR count). The third-order valence-corrected chi connectivity index (χ3v) is 4.98.